The van der Waals surface area contributed by atoms with Crippen molar-refractivity contribution in [1.29, 1.82) is 0 Å². The van der Waals surface area contributed by atoms with Gasteiger partial charge in [-0.05, 0) is 133 Å². The molecule has 2 heterocycles. The minimum Gasteiger partial charge on any atom is -0.330 e. The molecule has 0 spiro atoms. The monoisotopic (exact) mass is 697 g/mol. The molecule has 2 atom stereocenters. The molecule has 0 fully saturated rings. The number of nitrogens with zero attached hydrogens (tertiary/aromatic N) is 3. The Balaban J connectivity index is 1.06. The van der Waals surface area contributed by atoms with Crippen molar-refractivity contribution in [2.45, 2.75) is 45.6 Å². The van der Waals surface area contributed by atoms with Crippen molar-refractivity contribution in [1.82, 2.24) is 0 Å². The van der Waals surface area contributed by atoms with Gasteiger partial charge in [0.2, 0.25) is 0 Å². The molecule has 54 heavy (non-hydrogen) atoms. The Morgan fingerprint density at radius 1 is 0.611 bits per heavy atom. The lowest BCUT2D eigenvalue weighted by molar-refractivity contribution is 0.745. The third-order valence-electron chi connectivity index (χ3n) is 11.8. The maximum Gasteiger partial charge on any atom is 0.0702 e. The van der Waals surface area contributed by atoms with E-state index < -0.39 is 0 Å². The lowest BCUT2D eigenvalue weighted by atomic mass is 9.85. The van der Waals surface area contributed by atoms with Crippen molar-refractivity contribution in [3.05, 3.63) is 203 Å². The highest BCUT2D eigenvalue weighted by atomic mass is 15.3. The zero-order chi connectivity index (χ0) is 36.3. The third kappa shape index (κ3) is 5.10. The Morgan fingerprint density at radius 3 is 2.20 bits per heavy atom. The van der Waals surface area contributed by atoms with Crippen molar-refractivity contribution < 1.29 is 0 Å². The molecule has 0 bridgehead atoms. The summed E-state index contributed by atoms with van der Waals surface area (Å²) in [5, 5.41) is 0. The van der Waals surface area contributed by atoms with E-state index in [4.69, 9.17) is 0 Å². The van der Waals surface area contributed by atoms with Crippen LogP contribution in [0.25, 0.3) is 16.7 Å². The Bertz CT molecular complexity index is 2570. The maximum absolute atomic E-state index is 2.60. The quantitative estimate of drug-likeness (QED) is 0.172. The standard InChI is InChI=1S/C51H43N3/c1-34-28-29-37(32-43(34)41-21-14-26-46(36(41)3)52(39-17-6-4-7-18-39)45-23-11-10-16-35(45)2)38-30-31-47-44(33-38)42-22-15-27-50-51(42)54(47)49-25-13-12-24-48(49)53(50)40-19-8-5-9-20-40/h4,6-8,10-33,44,47H,5,9H2,1-3H3. The van der Waals surface area contributed by atoms with E-state index in [9.17, 15) is 0 Å². The highest BCUT2D eigenvalue weighted by molar-refractivity contribution is 6.00. The zero-order valence-electron chi connectivity index (χ0n) is 31.1. The average molecular weight is 698 g/mol. The fourth-order valence-electron chi connectivity index (χ4n) is 9.15. The summed E-state index contributed by atoms with van der Waals surface area (Å²) in [7, 11) is 0. The summed E-state index contributed by atoms with van der Waals surface area (Å²) in [6.45, 7) is 6.71. The normalized spacial score (nSPS) is 17.8. The van der Waals surface area contributed by atoms with Gasteiger partial charge in [-0.3, -0.25) is 0 Å². The molecule has 0 N–H and O–H groups in total. The van der Waals surface area contributed by atoms with Crippen LogP contribution in [-0.4, -0.2) is 6.04 Å². The molecule has 3 nitrogen and oxygen atoms in total. The van der Waals surface area contributed by atoms with Crippen molar-refractivity contribution >= 4 is 45.4 Å². The second kappa shape index (κ2) is 13.0. The summed E-state index contributed by atoms with van der Waals surface area (Å²) in [5.74, 6) is 0.243. The van der Waals surface area contributed by atoms with E-state index in [0.29, 0.717) is 0 Å². The van der Waals surface area contributed by atoms with Crippen LogP contribution < -0.4 is 14.7 Å². The van der Waals surface area contributed by atoms with Crippen molar-refractivity contribution in [3.63, 3.8) is 0 Å². The van der Waals surface area contributed by atoms with Gasteiger partial charge in [-0.2, -0.15) is 0 Å². The van der Waals surface area contributed by atoms with Gasteiger partial charge in [0.25, 0.3) is 0 Å². The van der Waals surface area contributed by atoms with Gasteiger partial charge in [-0.15, -0.1) is 0 Å². The molecular formula is C51H43N3. The molecule has 3 heteroatoms. The summed E-state index contributed by atoms with van der Waals surface area (Å²) < 4.78 is 0. The first-order valence-corrected chi connectivity index (χ1v) is 19.3. The first-order valence-electron chi connectivity index (χ1n) is 19.3. The highest BCUT2D eigenvalue weighted by Gasteiger charge is 2.44. The van der Waals surface area contributed by atoms with E-state index in [2.05, 4.69) is 205 Å². The number of benzene rings is 6. The lowest BCUT2D eigenvalue weighted by Gasteiger charge is -2.41. The number of rotatable bonds is 6. The number of allylic oxidation sites excluding steroid dienone is 5. The van der Waals surface area contributed by atoms with Gasteiger partial charge in [-0.1, -0.05) is 115 Å². The van der Waals surface area contributed by atoms with Gasteiger partial charge in [0.1, 0.15) is 0 Å². The van der Waals surface area contributed by atoms with Gasteiger partial charge in [0.15, 0.2) is 0 Å². The second-order valence-corrected chi connectivity index (χ2v) is 15.0. The van der Waals surface area contributed by atoms with Crippen molar-refractivity contribution in [2.75, 3.05) is 14.7 Å². The van der Waals surface area contributed by atoms with Crippen molar-refractivity contribution in [3.8, 4) is 11.1 Å². The fourth-order valence-corrected chi connectivity index (χ4v) is 9.15. The highest BCUT2D eigenvalue weighted by Crippen LogP contribution is 2.59. The van der Waals surface area contributed by atoms with Crippen LogP contribution in [0, 0.1) is 20.8 Å². The van der Waals surface area contributed by atoms with E-state index >= 15 is 0 Å². The smallest absolute Gasteiger partial charge is 0.0702 e. The van der Waals surface area contributed by atoms with Crippen LogP contribution in [0.1, 0.15) is 46.6 Å². The first kappa shape index (κ1) is 32.3. The van der Waals surface area contributed by atoms with E-state index in [1.807, 2.05) is 0 Å². The van der Waals surface area contributed by atoms with Crippen LogP contribution in [0.2, 0.25) is 0 Å². The molecule has 4 aliphatic rings. The second-order valence-electron chi connectivity index (χ2n) is 15.0. The predicted molar refractivity (Wildman–Crippen MR) is 228 cm³/mol. The molecule has 2 aliphatic carbocycles. The number of fused-ring (bicyclic) bond motifs is 5. The Hall–Kier alpha value is -6.32. The molecule has 10 rings (SSSR count). The molecule has 0 amide bonds. The molecule has 6 aromatic rings. The summed E-state index contributed by atoms with van der Waals surface area (Å²) >= 11 is 0. The summed E-state index contributed by atoms with van der Waals surface area (Å²) in [5.41, 5.74) is 20.2. The molecule has 0 saturated heterocycles. The molecular weight excluding hydrogens is 655 g/mol. The minimum absolute atomic E-state index is 0.221. The molecule has 0 saturated carbocycles. The molecule has 2 aliphatic heterocycles. The van der Waals surface area contributed by atoms with Crippen LogP contribution in [-0.2, 0) is 0 Å². The number of para-hydroxylation sites is 5. The van der Waals surface area contributed by atoms with Gasteiger partial charge >= 0.3 is 0 Å². The fraction of sp³-hybridized carbons (Fsp3) is 0.137. The van der Waals surface area contributed by atoms with Gasteiger partial charge < -0.3 is 14.7 Å². The van der Waals surface area contributed by atoms with E-state index in [0.717, 1.165) is 18.5 Å². The number of hydrogen-bond donors (Lipinski definition) is 0. The zero-order valence-corrected chi connectivity index (χ0v) is 31.1. The van der Waals surface area contributed by atoms with Gasteiger partial charge in [0, 0.05) is 28.7 Å². The Morgan fingerprint density at radius 2 is 1.37 bits per heavy atom. The molecule has 262 valence electrons. The number of anilines is 7. The lowest BCUT2D eigenvalue weighted by Crippen LogP contribution is -2.34. The topological polar surface area (TPSA) is 9.72 Å². The van der Waals surface area contributed by atoms with E-state index in [1.54, 1.807) is 0 Å². The van der Waals surface area contributed by atoms with Gasteiger partial charge in [-0.25, -0.2) is 0 Å². The molecule has 0 radical (unpaired) electrons. The van der Waals surface area contributed by atoms with E-state index in [-0.39, 0.29) is 12.0 Å². The Labute approximate surface area is 319 Å². The number of aryl methyl sites for hydroxylation is 2. The number of hydrogen-bond acceptors (Lipinski definition) is 3. The summed E-state index contributed by atoms with van der Waals surface area (Å²) in [6, 6.07) is 49.2. The van der Waals surface area contributed by atoms with Crippen LogP contribution in [0.4, 0.5) is 39.8 Å². The molecule has 2 unspecified atom stereocenters. The minimum atomic E-state index is 0.221. The first-order chi connectivity index (χ1) is 26.6. The van der Waals surface area contributed by atoms with Crippen LogP contribution in [0.5, 0.6) is 0 Å². The maximum atomic E-state index is 2.60. The largest absolute Gasteiger partial charge is 0.330 e. The van der Waals surface area contributed by atoms with Crippen LogP contribution in [0.3, 0.4) is 0 Å². The molecule has 0 aromatic heterocycles. The summed E-state index contributed by atoms with van der Waals surface area (Å²) in [6.07, 6.45) is 16.5. The third-order valence-corrected chi connectivity index (χ3v) is 11.8. The average Bonchev–Trinajstić information content (AvgIpc) is 3.55. The summed E-state index contributed by atoms with van der Waals surface area (Å²) in [4.78, 5) is 7.48. The SMILES string of the molecule is Cc1ccc(C2=CC3c4cccc5c4N(c4ccccc4N5C4=CCCC=C4)C3C=C2)cc1-c1cccc(N(c2ccccc2)c2ccccc2C)c1C. The van der Waals surface area contributed by atoms with E-state index in [1.165, 1.54) is 84.3 Å². The van der Waals surface area contributed by atoms with Crippen molar-refractivity contribution in [2.24, 2.45) is 0 Å². The van der Waals surface area contributed by atoms with Crippen LogP contribution in [0.15, 0.2) is 176 Å². The predicted octanol–water partition coefficient (Wildman–Crippen LogP) is 13.7. The Kier molecular flexibility index (Phi) is 7.76. The van der Waals surface area contributed by atoms with Crippen LogP contribution >= 0.6 is 0 Å². The molecule has 6 aromatic carbocycles. The van der Waals surface area contributed by atoms with Gasteiger partial charge in [0.05, 0.1) is 28.8 Å².